The molecule has 0 atom stereocenters. The SMILES string of the molecule is [B]CCCCCC(=O)OCCCCCCCCCCC. The minimum absolute atomic E-state index is 0.0402. The molecule has 0 amide bonds. The Hall–Kier alpha value is -0.465. The predicted molar refractivity (Wildman–Crippen MR) is 87.2 cm³/mol. The van der Waals surface area contributed by atoms with E-state index >= 15 is 0 Å². The second-order valence-electron chi connectivity index (χ2n) is 5.65. The molecular formula is C17H33BO2. The molecule has 0 aromatic heterocycles. The van der Waals surface area contributed by atoms with Crippen molar-refractivity contribution in [3.63, 3.8) is 0 Å². The fourth-order valence-electron chi connectivity index (χ4n) is 2.26. The van der Waals surface area contributed by atoms with Crippen molar-refractivity contribution in [2.75, 3.05) is 6.61 Å². The fourth-order valence-corrected chi connectivity index (χ4v) is 2.26. The molecule has 0 bridgehead atoms. The molecule has 0 heterocycles. The Morgan fingerprint density at radius 1 is 0.800 bits per heavy atom. The number of hydrogen-bond acceptors (Lipinski definition) is 2. The number of esters is 1. The van der Waals surface area contributed by atoms with Crippen LogP contribution in [-0.2, 0) is 9.53 Å². The molecule has 0 unspecified atom stereocenters. The maximum absolute atomic E-state index is 11.4. The summed E-state index contributed by atoms with van der Waals surface area (Å²) in [6.07, 6.45) is 15.9. The number of unbranched alkanes of at least 4 members (excludes halogenated alkanes) is 10. The Morgan fingerprint density at radius 3 is 1.95 bits per heavy atom. The third kappa shape index (κ3) is 15.6. The van der Waals surface area contributed by atoms with Gasteiger partial charge in [0, 0.05) is 6.42 Å². The van der Waals surface area contributed by atoms with Gasteiger partial charge in [-0.15, -0.1) is 0 Å². The van der Waals surface area contributed by atoms with E-state index in [1.54, 1.807) is 0 Å². The second-order valence-corrected chi connectivity index (χ2v) is 5.65. The molecule has 0 fully saturated rings. The summed E-state index contributed by atoms with van der Waals surface area (Å²) < 4.78 is 5.21. The van der Waals surface area contributed by atoms with Gasteiger partial charge < -0.3 is 4.74 Å². The third-order valence-corrected chi connectivity index (χ3v) is 3.60. The van der Waals surface area contributed by atoms with Gasteiger partial charge in [0.1, 0.15) is 0 Å². The molecule has 0 aliphatic rings. The summed E-state index contributed by atoms with van der Waals surface area (Å²) in [6.45, 7) is 2.85. The Kier molecular flexibility index (Phi) is 16.2. The molecule has 0 saturated heterocycles. The van der Waals surface area contributed by atoms with Crippen LogP contribution in [0.3, 0.4) is 0 Å². The molecule has 0 rings (SSSR count). The first-order valence-corrected chi connectivity index (χ1v) is 8.67. The maximum Gasteiger partial charge on any atom is 0.305 e. The Bertz CT molecular complexity index is 207. The summed E-state index contributed by atoms with van der Waals surface area (Å²) in [5.74, 6) is -0.0402. The van der Waals surface area contributed by atoms with Crippen LogP contribution in [0.2, 0.25) is 6.32 Å². The minimum atomic E-state index is -0.0402. The summed E-state index contributed by atoms with van der Waals surface area (Å²) in [7, 11) is 5.40. The molecule has 116 valence electrons. The van der Waals surface area contributed by atoms with Crippen LogP contribution in [0.25, 0.3) is 0 Å². The Balaban J connectivity index is 3.09. The van der Waals surface area contributed by atoms with Crippen molar-refractivity contribution in [1.29, 1.82) is 0 Å². The highest BCUT2D eigenvalue weighted by molar-refractivity contribution is 6.08. The lowest BCUT2D eigenvalue weighted by Gasteiger charge is -2.05. The summed E-state index contributed by atoms with van der Waals surface area (Å²) >= 11 is 0. The molecule has 0 aliphatic carbocycles. The van der Waals surface area contributed by atoms with Crippen LogP contribution in [-0.4, -0.2) is 20.4 Å². The van der Waals surface area contributed by atoms with Gasteiger partial charge in [-0.2, -0.15) is 0 Å². The van der Waals surface area contributed by atoms with E-state index in [1.807, 2.05) is 0 Å². The van der Waals surface area contributed by atoms with Crippen LogP contribution in [0.4, 0.5) is 0 Å². The van der Waals surface area contributed by atoms with Gasteiger partial charge in [-0.05, 0) is 12.8 Å². The molecule has 2 radical (unpaired) electrons. The van der Waals surface area contributed by atoms with Crippen LogP contribution >= 0.6 is 0 Å². The van der Waals surface area contributed by atoms with Gasteiger partial charge in [0.25, 0.3) is 0 Å². The zero-order chi connectivity index (χ0) is 14.9. The van der Waals surface area contributed by atoms with E-state index < -0.39 is 0 Å². The van der Waals surface area contributed by atoms with Crippen molar-refractivity contribution in [2.45, 2.75) is 96.7 Å². The van der Waals surface area contributed by atoms with E-state index in [9.17, 15) is 4.79 Å². The normalized spacial score (nSPS) is 10.7. The second kappa shape index (κ2) is 16.6. The number of hydrogen-bond donors (Lipinski definition) is 0. The topological polar surface area (TPSA) is 26.3 Å². The molecule has 0 aromatic rings. The summed E-state index contributed by atoms with van der Waals surface area (Å²) in [5, 5.41) is 0. The highest BCUT2D eigenvalue weighted by Gasteiger charge is 2.01. The average molecular weight is 280 g/mol. The van der Waals surface area contributed by atoms with E-state index in [2.05, 4.69) is 6.92 Å². The van der Waals surface area contributed by atoms with Crippen LogP contribution < -0.4 is 0 Å². The van der Waals surface area contributed by atoms with Gasteiger partial charge in [-0.3, -0.25) is 4.79 Å². The molecule has 3 heteroatoms. The number of carbonyl (C=O) groups excluding carboxylic acids is 1. The average Bonchev–Trinajstić information content (AvgIpc) is 2.45. The molecule has 2 nitrogen and oxygen atoms in total. The first-order valence-electron chi connectivity index (χ1n) is 8.67. The van der Waals surface area contributed by atoms with Crippen molar-refractivity contribution in [3.05, 3.63) is 0 Å². The van der Waals surface area contributed by atoms with Crippen LogP contribution in [0, 0.1) is 0 Å². The molecule has 0 spiro atoms. The quantitative estimate of drug-likeness (QED) is 0.234. The fraction of sp³-hybridized carbons (Fsp3) is 0.941. The first-order chi connectivity index (χ1) is 9.81. The highest BCUT2D eigenvalue weighted by Crippen LogP contribution is 2.10. The van der Waals surface area contributed by atoms with E-state index in [4.69, 9.17) is 12.6 Å². The predicted octanol–water partition coefficient (Wildman–Crippen LogP) is 5.21. The van der Waals surface area contributed by atoms with Crippen molar-refractivity contribution >= 4 is 13.8 Å². The van der Waals surface area contributed by atoms with Crippen molar-refractivity contribution in [2.24, 2.45) is 0 Å². The first kappa shape index (κ1) is 19.5. The van der Waals surface area contributed by atoms with Gasteiger partial charge >= 0.3 is 5.97 Å². The van der Waals surface area contributed by atoms with E-state index in [0.29, 0.717) is 19.3 Å². The lowest BCUT2D eigenvalue weighted by atomic mass is 9.99. The highest BCUT2D eigenvalue weighted by atomic mass is 16.5. The Morgan fingerprint density at radius 2 is 1.35 bits per heavy atom. The van der Waals surface area contributed by atoms with Crippen LogP contribution in [0.5, 0.6) is 0 Å². The molecule has 0 aliphatic heterocycles. The minimum Gasteiger partial charge on any atom is -0.466 e. The summed E-state index contributed by atoms with van der Waals surface area (Å²) in [4.78, 5) is 11.4. The molecule has 0 saturated carbocycles. The number of carbonyl (C=O) groups is 1. The molecule has 20 heavy (non-hydrogen) atoms. The van der Waals surface area contributed by atoms with Crippen molar-refractivity contribution in [1.82, 2.24) is 0 Å². The largest absolute Gasteiger partial charge is 0.466 e. The number of ether oxygens (including phenoxy) is 1. The smallest absolute Gasteiger partial charge is 0.305 e. The van der Waals surface area contributed by atoms with Crippen LogP contribution in [0.15, 0.2) is 0 Å². The Labute approximate surface area is 127 Å². The van der Waals surface area contributed by atoms with E-state index in [1.165, 1.54) is 51.4 Å². The van der Waals surface area contributed by atoms with Gasteiger partial charge in [0.15, 0.2) is 0 Å². The van der Waals surface area contributed by atoms with Crippen molar-refractivity contribution < 1.29 is 9.53 Å². The van der Waals surface area contributed by atoms with Gasteiger partial charge in [0.05, 0.1) is 14.5 Å². The maximum atomic E-state index is 11.4. The molecular weight excluding hydrogens is 247 g/mol. The van der Waals surface area contributed by atoms with E-state index in [-0.39, 0.29) is 5.97 Å². The van der Waals surface area contributed by atoms with Gasteiger partial charge in [-0.1, -0.05) is 77.5 Å². The van der Waals surface area contributed by atoms with E-state index in [0.717, 1.165) is 25.7 Å². The van der Waals surface area contributed by atoms with Gasteiger partial charge in [0.2, 0.25) is 0 Å². The number of rotatable bonds is 15. The standard InChI is InChI=1S/C17H33BO2/c1-2-3-4-5-6-7-8-9-13-16-20-17(19)14-11-10-12-15-18/h2-16H2,1H3. The molecule has 0 aromatic carbocycles. The van der Waals surface area contributed by atoms with Crippen LogP contribution in [0.1, 0.15) is 90.4 Å². The zero-order valence-corrected chi connectivity index (χ0v) is 13.5. The monoisotopic (exact) mass is 280 g/mol. The molecule has 0 N–H and O–H groups in total. The summed E-state index contributed by atoms with van der Waals surface area (Å²) in [5.41, 5.74) is 0. The lowest BCUT2D eigenvalue weighted by molar-refractivity contribution is -0.143. The van der Waals surface area contributed by atoms with Crippen molar-refractivity contribution in [3.8, 4) is 0 Å². The zero-order valence-electron chi connectivity index (χ0n) is 13.5. The third-order valence-electron chi connectivity index (χ3n) is 3.60. The van der Waals surface area contributed by atoms with Gasteiger partial charge in [-0.25, -0.2) is 0 Å². The summed E-state index contributed by atoms with van der Waals surface area (Å²) in [6, 6.07) is 0. The lowest BCUT2D eigenvalue weighted by Crippen LogP contribution is -2.05.